The second-order valence-corrected chi connectivity index (χ2v) is 8.96. The molecule has 2 aromatic heterocycles. The van der Waals surface area contributed by atoms with Crippen molar-refractivity contribution in [1.82, 2.24) is 19.9 Å². The van der Waals surface area contributed by atoms with Gasteiger partial charge in [-0.1, -0.05) is 35.9 Å². The van der Waals surface area contributed by atoms with E-state index in [0.29, 0.717) is 34.9 Å². The molecule has 2 N–H and O–H groups in total. The summed E-state index contributed by atoms with van der Waals surface area (Å²) in [5, 5.41) is 11.3. The van der Waals surface area contributed by atoms with E-state index in [9.17, 15) is 9.59 Å². The number of benzene rings is 2. The number of esters is 1. The molecule has 0 spiro atoms. The molecular formula is C25H23BrClN5O3. The minimum Gasteiger partial charge on any atom is -0.465 e. The number of nitrogens with zero attached hydrogens (tertiary/aromatic N) is 3. The molecule has 0 atom stereocenters. The summed E-state index contributed by atoms with van der Waals surface area (Å²) in [6.07, 6.45) is 3.29. The summed E-state index contributed by atoms with van der Waals surface area (Å²) in [4.78, 5) is 28.8. The lowest BCUT2D eigenvalue weighted by Gasteiger charge is -2.12. The third-order valence-corrected chi connectivity index (χ3v) is 6.21. The Labute approximate surface area is 215 Å². The Bertz CT molecular complexity index is 1370. The molecule has 4 rings (SSSR count). The van der Waals surface area contributed by atoms with Crippen LogP contribution in [0.2, 0.25) is 5.02 Å². The van der Waals surface area contributed by atoms with Gasteiger partial charge in [0.2, 0.25) is 0 Å². The molecule has 180 valence electrons. The number of anilines is 1. The third-order valence-electron chi connectivity index (χ3n) is 5.32. The first-order valence-corrected chi connectivity index (χ1v) is 12.1. The number of hydrogen-bond acceptors (Lipinski definition) is 6. The maximum absolute atomic E-state index is 12.4. The second-order valence-electron chi connectivity index (χ2n) is 7.70. The van der Waals surface area contributed by atoms with Gasteiger partial charge in [-0.15, -0.1) is 0 Å². The Morgan fingerprint density at radius 1 is 1.06 bits per heavy atom. The molecule has 0 aliphatic carbocycles. The highest BCUT2D eigenvalue weighted by Crippen LogP contribution is 2.30. The van der Waals surface area contributed by atoms with Crippen molar-refractivity contribution in [2.75, 3.05) is 25.5 Å². The fourth-order valence-electron chi connectivity index (χ4n) is 3.54. The minimum atomic E-state index is -0.474. The summed E-state index contributed by atoms with van der Waals surface area (Å²) >= 11 is 9.89. The van der Waals surface area contributed by atoms with Crippen molar-refractivity contribution in [2.24, 2.45) is 0 Å². The van der Waals surface area contributed by atoms with Crippen LogP contribution in [0.3, 0.4) is 0 Å². The zero-order valence-corrected chi connectivity index (χ0v) is 21.3. The monoisotopic (exact) mass is 555 g/mol. The standard InChI is InChI=1S/C25H23BrClN5O3/c1-35-25(34)17-8-6-7-16(13-17)24(33)29-12-5-4-11-28-22-14-21(18-9-2-3-10-20(18)27)31-23-19(26)15-30-32(22)23/h2-3,6-10,13-15,28H,4-5,11-12H2,1H3,(H,29,33). The molecule has 8 nitrogen and oxygen atoms in total. The van der Waals surface area contributed by atoms with Gasteiger partial charge < -0.3 is 15.4 Å². The lowest BCUT2D eigenvalue weighted by molar-refractivity contribution is 0.0600. The molecule has 0 radical (unpaired) electrons. The van der Waals surface area contributed by atoms with Gasteiger partial charge in [0.05, 0.1) is 29.0 Å². The highest BCUT2D eigenvalue weighted by molar-refractivity contribution is 9.10. The third kappa shape index (κ3) is 5.80. The van der Waals surface area contributed by atoms with Crippen LogP contribution in [0.25, 0.3) is 16.9 Å². The first-order valence-electron chi connectivity index (χ1n) is 11.0. The van der Waals surface area contributed by atoms with E-state index in [2.05, 4.69) is 31.7 Å². The number of unbranched alkanes of at least 4 members (excludes halogenated alkanes) is 1. The largest absolute Gasteiger partial charge is 0.465 e. The summed E-state index contributed by atoms with van der Waals surface area (Å²) in [6.45, 7) is 1.18. The zero-order chi connectivity index (χ0) is 24.8. The van der Waals surface area contributed by atoms with Crippen LogP contribution in [-0.4, -0.2) is 46.7 Å². The van der Waals surface area contributed by atoms with E-state index in [1.54, 1.807) is 28.9 Å². The van der Waals surface area contributed by atoms with Gasteiger partial charge in [-0.25, -0.2) is 9.78 Å². The lowest BCUT2D eigenvalue weighted by atomic mass is 10.1. The van der Waals surface area contributed by atoms with Crippen molar-refractivity contribution in [1.29, 1.82) is 0 Å². The van der Waals surface area contributed by atoms with Crippen molar-refractivity contribution in [3.63, 3.8) is 0 Å². The average molecular weight is 557 g/mol. The predicted molar refractivity (Wildman–Crippen MR) is 139 cm³/mol. The van der Waals surface area contributed by atoms with E-state index in [1.807, 2.05) is 30.3 Å². The molecule has 0 bridgehead atoms. The van der Waals surface area contributed by atoms with Crippen LogP contribution < -0.4 is 10.6 Å². The molecular weight excluding hydrogens is 534 g/mol. The van der Waals surface area contributed by atoms with Crippen LogP contribution in [0.15, 0.2) is 65.3 Å². The van der Waals surface area contributed by atoms with Crippen LogP contribution in [0, 0.1) is 0 Å². The molecule has 2 heterocycles. The number of methoxy groups -OCH3 is 1. The van der Waals surface area contributed by atoms with Gasteiger partial charge in [0.25, 0.3) is 5.91 Å². The molecule has 4 aromatic rings. The first-order chi connectivity index (χ1) is 17.0. The molecule has 0 saturated heterocycles. The number of carbonyl (C=O) groups is 2. The van der Waals surface area contributed by atoms with E-state index in [4.69, 9.17) is 21.3 Å². The van der Waals surface area contributed by atoms with Crippen molar-refractivity contribution in [2.45, 2.75) is 12.8 Å². The number of halogens is 2. The van der Waals surface area contributed by atoms with E-state index in [-0.39, 0.29) is 5.91 Å². The van der Waals surface area contributed by atoms with Gasteiger partial charge >= 0.3 is 5.97 Å². The summed E-state index contributed by atoms with van der Waals surface area (Å²) in [6, 6.07) is 15.9. The highest BCUT2D eigenvalue weighted by Gasteiger charge is 2.13. The van der Waals surface area contributed by atoms with E-state index in [1.165, 1.54) is 13.2 Å². The normalized spacial score (nSPS) is 10.8. The number of fused-ring (bicyclic) bond motifs is 1. The molecule has 2 aromatic carbocycles. The van der Waals surface area contributed by atoms with Crippen molar-refractivity contribution >= 4 is 50.9 Å². The summed E-state index contributed by atoms with van der Waals surface area (Å²) in [7, 11) is 1.31. The van der Waals surface area contributed by atoms with Gasteiger partial charge in [0.1, 0.15) is 5.82 Å². The summed E-state index contributed by atoms with van der Waals surface area (Å²) < 4.78 is 7.22. The highest BCUT2D eigenvalue weighted by atomic mass is 79.9. The minimum absolute atomic E-state index is 0.231. The predicted octanol–water partition coefficient (Wildman–Crippen LogP) is 5.22. The number of carbonyl (C=O) groups excluding carboxylic acids is 2. The summed E-state index contributed by atoms with van der Waals surface area (Å²) in [5.74, 6) is 0.0856. The lowest BCUT2D eigenvalue weighted by Crippen LogP contribution is -2.25. The Kier molecular flexibility index (Phi) is 7.99. The number of rotatable bonds is 9. The van der Waals surface area contributed by atoms with E-state index >= 15 is 0 Å². The van der Waals surface area contributed by atoms with Crippen LogP contribution in [0.1, 0.15) is 33.6 Å². The van der Waals surface area contributed by atoms with Crippen LogP contribution >= 0.6 is 27.5 Å². The van der Waals surface area contributed by atoms with Gasteiger partial charge in [0.15, 0.2) is 5.65 Å². The van der Waals surface area contributed by atoms with Crippen LogP contribution in [0.5, 0.6) is 0 Å². The maximum atomic E-state index is 12.4. The average Bonchev–Trinajstić information content (AvgIpc) is 3.26. The number of aromatic nitrogens is 3. The fraction of sp³-hybridized carbons (Fsp3) is 0.200. The molecule has 1 amide bonds. The molecule has 10 heteroatoms. The van der Waals surface area contributed by atoms with Crippen molar-refractivity contribution in [3.05, 3.63) is 81.4 Å². The van der Waals surface area contributed by atoms with Gasteiger partial charge in [-0.3, -0.25) is 4.79 Å². The Morgan fingerprint density at radius 2 is 1.83 bits per heavy atom. The Morgan fingerprint density at radius 3 is 2.63 bits per heavy atom. The fourth-order valence-corrected chi connectivity index (χ4v) is 4.13. The Balaban J connectivity index is 1.34. The van der Waals surface area contributed by atoms with Gasteiger partial charge in [0, 0.05) is 35.3 Å². The summed E-state index contributed by atoms with van der Waals surface area (Å²) in [5.41, 5.74) is 3.03. The molecule has 0 aliphatic rings. The zero-order valence-electron chi connectivity index (χ0n) is 18.9. The molecule has 35 heavy (non-hydrogen) atoms. The SMILES string of the molecule is COC(=O)c1cccc(C(=O)NCCCCNc2cc(-c3ccccc3Cl)nc3c(Br)cnn23)c1. The first kappa shape index (κ1) is 24.7. The maximum Gasteiger partial charge on any atom is 0.337 e. The molecule has 0 saturated carbocycles. The van der Waals surface area contributed by atoms with Crippen molar-refractivity contribution < 1.29 is 14.3 Å². The van der Waals surface area contributed by atoms with Crippen LogP contribution in [-0.2, 0) is 4.74 Å². The van der Waals surface area contributed by atoms with E-state index in [0.717, 1.165) is 34.4 Å². The molecule has 0 fully saturated rings. The quantitative estimate of drug-likeness (QED) is 0.217. The number of nitrogens with one attached hydrogen (secondary N) is 2. The van der Waals surface area contributed by atoms with E-state index < -0.39 is 5.97 Å². The van der Waals surface area contributed by atoms with Gasteiger partial charge in [-0.2, -0.15) is 9.61 Å². The molecule has 0 unspecified atom stereocenters. The van der Waals surface area contributed by atoms with Crippen molar-refractivity contribution in [3.8, 4) is 11.3 Å². The Hall–Kier alpha value is -3.43. The number of amides is 1. The number of ether oxygens (including phenoxy) is 1. The topological polar surface area (TPSA) is 97.6 Å². The molecule has 0 aliphatic heterocycles. The smallest absolute Gasteiger partial charge is 0.337 e. The van der Waals surface area contributed by atoms with Gasteiger partial charge in [-0.05, 0) is 53.0 Å². The van der Waals surface area contributed by atoms with Crippen LogP contribution in [0.4, 0.5) is 5.82 Å². The second kappa shape index (κ2) is 11.3. The number of hydrogen-bond donors (Lipinski definition) is 2.